The molecule has 142 valence electrons. The maximum Gasteiger partial charge on any atom is 0.254 e. The Morgan fingerprint density at radius 3 is 2.48 bits per heavy atom. The second-order valence-electron chi connectivity index (χ2n) is 8.04. The van der Waals surface area contributed by atoms with Gasteiger partial charge in [0.15, 0.2) is 0 Å². The van der Waals surface area contributed by atoms with Crippen molar-refractivity contribution in [3.8, 4) is 11.5 Å². The molecular weight excluding hydrogens is 338 g/mol. The first-order valence-electron chi connectivity index (χ1n) is 9.89. The van der Waals surface area contributed by atoms with E-state index in [9.17, 15) is 9.90 Å². The summed E-state index contributed by atoms with van der Waals surface area (Å²) in [5.74, 6) is 2.34. The molecule has 1 aliphatic carbocycles. The largest absolute Gasteiger partial charge is 0.508 e. The minimum Gasteiger partial charge on any atom is -0.508 e. The smallest absolute Gasteiger partial charge is 0.254 e. The fraction of sp³-hybridized carbons (Fsp3) is 0.435. The van der Waals surface area contributed by atoms with Crippen LogP contribution in [0.3, 0.4) is 0 Å². The van der Waals surface area contributed by atoms with Gasteiger partial charge in [-0.05, 0) is 74.3 Å². The number of aryl methyl sites for hydroxylation is 1. The predicted molar refractivity (Wildman–Crippen MR) is 105 cm³/mol. The van der Waals surface area contributed by atoms with Crippen LogP contribution in [-0.4, -0.2) is 29.1 Å². The van der Waals surface area contributed by atoms with Gasteiger partial charge in [-0.15, -0.1) is 0 Å². The van der Waals surface area contributed by atoms with Gasteiger partial charge in [0, 0.05) is 18.7 Å². The van der Waals surface area contributed by atoms with Crippen LogP contribution in [0.1, 0.15) is 47.2 Å². The number of hydrogen-bond acceptors (Lipinski definition) is 3. The van der Waals surface area contributed by atoms with Crippen LogP contribution in [0.5, 0.6) is 11.5 Å². The lowest BCUT2D eigenvalue weighted by atomic mass is 9.82. The number of rotatable bonds is 5. The number of nitrogens with zero attached hydrogens (tertiary/aromatic N) is 1. The number of hydrogen-bond donors (Lipinski definition) is 1. The highest BCUT2D eigenvalue weighted by Gasteiger charge is 2.31. The molecule has 0 radical (unpaired) electrons. The molecule has 0 unspecified atom stereocenters. The van der Waals surface area contributed by atoms with Crippen LogP contribution in [0.15, 0.2) is 42.5 Å². The zero-order valence-electron chi connectivity index (χ0n) is 15.9. The van der Waals surface area contributed by atoms with Gasteiger partial charge in [0.2, 0.25) is 0 Å². The summed E-state index contributed by atoms with van der Waals surface area (Å²) >= 11 is 0. The third kappa shape index (κ3) is 4.10. The number of carbonyl (C=O) groups is 1. The highest BCUT2D eigenvalue weighted by molar-refractivity contribution is 5.98. The van der Waals surface area contributed by atoms with Crippen LogP contribution in [0, 0.1) is 18.8 Å². The van der Waals surface area contributed by atoms with E-state index < -0.39 is 0 Å². The number of ether oxygens (including phenoxy) is 1. The summed E-state index contributed by atoms with van der Waals surface area (Å²) in [6, 6.07) is 13.4. The summed E-state index contributed by atoms with van der Waals surface area (Å²) in [7, 11) is 0. The molecule has 4 rings (SSSR count). The van der Waals surface area contributed by atoms with E-state index in [-0.39, 0.29) is 11.7 Å². The first-order chi connectivity index (χ1) is 13.1. The molecule has 1 aliphatic heterocycles. The van der Waals surface area contributed by atoms with Gasteiger partial charge >= 0.3 is 0 Å². The molecular formula is C23H27NO3. The first kappa shape index (κ1) is 17.9. The molecule has 0 bridgehead atoms. The van der Waals surface area contributed by atoms with Crippen LogP contribution < -0.4 is 4.74 Å². The van der Waals surface area contributed by atoms with E-state index in [2.05, 4.69) is 19.1 Å². The maximum absolute atomic E-state index is 12.6. The minimum absolute atomic E-state index is 0.0609. The van der Waals surface area contributed by atoms with Crippen molar-refractivity contribution in [3.63, 3.8) is 0 Å². The van der Waals surface area contributed by atoms with Crippen molar-refractivity contribution in [2.75, 3.05) is 13.2 Å². The molecule has 4 nitrogen and oxygen atoms in total. The second-order valence-corrected chi connectivity index (χ2v) is 8.04. The van der Waals surface area contributed by atoms with E-state index >= 15 is 0 Å². The Morgan fingerprint density at radius 1 is 1.04 bits per heavy atom. The van der Waals surface area contributed by atoms with Crippen molar-refractivity contribution < 1.29 is 14.6 Å². The van der Waals surface area contributed by atoms with Crippen molar-refractivity contribution in [1.82, 2.24) is 4.90 Å². The SMILES string of the molecule is Cc1ccc(OCC2CCC(CN3Cc4ccc(O)cc4C3=O)CC2)cc1. The van der Waals surface area contributed by atoms with Crippen molar-refractivity contribution in [1.29, 1.82) is 0 Å². The summed E-state index contributed by atoms with van der Waals surface area (Å²) in [4.78, 5) is 14.5. The molecule has 1 N–H and O–H groups in total. The zero-order valence-corrected chi connectivity index (χ0v) is 15.9. The zero-order chi connectivity index (χ0) is 18.8. The second kappa shape index (κ2) is 7.63. The molecule has 27 heavy (non-hydrogen) atoms. The molecule has 1 amide bonds. The van der Waals surface area contributed by atoms with E-state index in [4.69, 9.17) is 4.74 Å². The highest BCUT2D eigenvalue weighted by Crippen LogP contribution is 2.33. The molecule has 1 saturated carbocycles. The number of fused-ring (bicyclic) bond motifs is 1. The average Bonchev–Trinajstić information content (AvgIpc) is 2.98. The average molecular weight is 365 g/mol. The van der Waals surface area contributed by atoms with Crippen LogP contribution >= 0.6 is 0 Å². The number of phenols is 1. The summed E-state index contributed by atoms with van der Waals surface area (Å²) in [5, 5.41) is 9.61. The van der Waals surface area contributed by atoms with Gasteiger partial charge in [0.1, 0.15) is 11.5 Å². The Hall–Kier alpha value is -2.49. The molecule has 4 heteroatoms. The van der Waals surface area contributed by atoms with Gasteiger partial charge in [-0.3, -0.25) is 4.79 Å². The third-order valence-corrected chi connectivity index (χ3v) is 5.92. The van der Waals surface area contributed by atoms with Crippen LogP contribution in [0.4, 0.5) is 0 Å². The standard InChI is InChI=1S/C23H27NO3/c1-16-2-10-21(11-3-16)27-15-18-6-4-17(5-7-18)13-24-14-19-8-9-20(25)12-22(19)23(24)26/h2-3,8-12,17-18,25H,4-7,13-15H2,1H3. The Kier molecular flexibility index (Phi) is 5.06. The van der Waals surface area contributed by atoms with Crippen LogP contribution in [-0.2, 0) is 6.54 Å². The van der Waals surface area contributed by atoms with Gasteiger partial charge in [-0.1, -0.05) is 23.8 Å². The Balaban J connectivity index is 1.24. The monoisotopic (exact) mass is 365 g/mol. The van der Waals surface area contributed by atoms with Gasteiger partial charge in [-0.25, -0.2) is 0 Å². The summed E-state index contributed by atoms with van der Waals surface area (Å²) in [6.45, 7) is 4.35. The van der Waals surface area contributed by atoms with Gasteiger partial charge in [0.25, 0.3) is 5.91 Å². The molecule has 0 atom stereocenters. The normalized spacial score (nSPS) is 22.0. The summed E-state index contributed by atoms with van der Waals surface area (Å²) in [6.07, 6.45) is 4.61. The molecule has 0 saturated heterocycles. The maximum atomic E-state index is 12.6. The van der Waals surface area contributed by atoms with E-state index in [0.717, 1.165) is 50.1 Å². The van der Waals surface area contributed by atoms with Crippen molar-refractivity contribution in [2.24, 2.45) is 11.8 Å². The van der Waals surface area contributed by atoms with Crippen molar-refractivity contribution in [3.05, 3.63) is 59.2 Å². The van der Waals surface area contributed by atoms with E-state index in [1.807, 2.05) is 23.1 Å². The Bertz CT molecular complexity index is 807. The molecule has 2 aromatic carbocycles. The van der Waals surface area contributed by atoms with Gasteiger partial charge in [-0.2, -0.15) is 0 Å². The summed E-state index contributed by atoms with van der Waals surface area (Å²) < 4.78 is 5.95. The molecule has 2 aliphatic rings. The number of amides is 1. The number of aromatic hydroxyl groups is 1. The quantitative estimate of drug-likeness (QED) is 0.846. The highest BCUT2D eigenvalue weighted by atomic mass is 16.5. The minimum atomic E-state index is 0.0609. The van der Waals surface area contributed by atoms with E-state index in [0.29, 0.717) is 23.9 Å². The number of benzene rings is 2. The van der Waals surface area contributed by atoms with Gasteiger partial charge < -0.3 is 14.7 Å². The number of carbonyl (C=O) groups excluding carboxylic acids is 1. The fourth-order valence-electron chi connectivity index (χ4n) is 4.24. The van der Waals surface area contributed by atoms with E-state index in [1.54, 1.807) is 12.1 Å². The predicted octanol–water partition coefficient (Wildman–Crippen LogP) is 4.54. The lowest BCUT2D eigenvalue weighted by molar-refractivity contribution is 0.0721. The fourth-order valence-corrected chi connectivity index (χ4v) is 4.24. The molecule has 2 aromatic rings. The van der Waals surface area contributed by atoms with Crippen LogP contribution in [0.2, 0.25) is 0 Å². The molecule has 1 fully saturated rings. The van der Waals surface area contributed by atoms with Crippen molar-refractivity contribution >= 4 is 5.91 Å². The topological polar surface area (TPSA) is 49.8 Å². The summed E-state index contributed by atoms with van der Waals surface area (Å²) in [5.41, 5.74) is 2.94. The molecule has 1 heterocycles. The van der Waals surface area contributed by atoms with Gasteiger partial charge in [0.05, 0.1) is 6.61 Å². The Labute approximate surface area is 160 Å². The lowest BCUT2D eigenvalue weighted by Gasteiger charge is -2.31. The molecule has 0 spiro atoms. The lowest BCUT2D eigenvalue weighted by Crippen LogP contribution is -2.32. The first-order valence-corrected chi connectivity index (χ1v) is 9.89. The van der Waals surface area contributed by atoms with Crippen LogP contribution in [0.25, 0.3) is 0 Å². The third-order valence-electron chi connectivity index (χ3n) is 5.92. The Morgan fingerprint density at radius 2 is 1.74 bits per heavy atom. The van der Waals surface area contributed by atoms with Crippen molar-refractivity contribution in [2.45, 2.75) is 39.2 Å². The molecule has 0 aromatic heterocycles. The number of phenolic OH excluding ortho intramolecular Hbond substituents is 1. The van der Waals surface area contributed by atoms with E-state index in [1.165, 1.54) is 5.56 Å².